The number of thioether (sulfide) groups is 1. The minimum atomic E-state index is -0.946. The predicted molar refractivity (Wildman–Crippen MR) is 129 cm³/mol. The summed E-state index contributed by atoms with van der Waals surface area (Å²) in [6, 6.07) is 23.1. The van der Waals surface area contributed by atoms with Crippen LogP contribution in [0.2, 0.25) is 0 Å². The topological polar surface area (TPSA) is 76.2 Å². The number of methoxy groups -OCH3 is 1. The third-order valence-electron chi connectivity index (χ3n) is 6.13. The van der Waals surface area contributed by atoms with Gasteiger partial charge in [0.1, 0.15) is 5.92 Å². The highest BCUT2D eigenvalue weighted by atomic mass is 32.2. The lowest BCUT2D eigenvalue weighted by atomic mass is 9.90. The predicted octanol–water partition coefficient (Wildman–Crippen LogP) is 4.25. The first-order chi connectivity index (χ1) is 16.5. The summed E-state index contributed by atoms with van der Waals surface area (Å²) in [5.74, 6) is -1.96. The maximum Gasteiger partial charge on any atom is 0.337 e. The van der Waals surface area contributed by atoms with Gasteiger partial charge in [0.25, 0.3) is 5.91 Å². The van der Waals surface area contributed by atoms with E-state index in [1.54, 1.807) is 29.0 Å². The largest absolute Gasteiger partial charge is 0.465 e. The summed E-state index contributed by atoms with van der Waals surface area (Å²) in [5.41, 5.74) is 2.39. The molecule has 0 aromatic heterocycles. The molecule has 3 atom stereocenters. The number of para-hydroxylation sites is 1. The zero-order valence-corrected chi connectivity index (χ0v) is 19.4. The number of ether oxygens (including phenoxy) is 1. The van der Waals surface area contributed by atoms with Gasteiger partial charge in [0.2, 0.25) is 5.91 Å². The van der Waals surface area contributed by atoms with E-state index in [4.69, 9.17) is 9.57 Å². The number of nitrogens with zero attached hydrogens (tertiary/aromatic N) is 2. The molecule has 0 spiro atoms. The molecule has 3 aromatic rings. The van der Waals surface area contributed by atoms with Gasteiger partial charge in [-0.05, 0) is 60.4 Å². The van der Waals surface area contributed by atoms with Crippen molar-refractivity contribution in [3.63, 3.8) is 0 Å². The first kappa shape index (κ1) is 22.2. The molecule has 2 aliphatic rings. The van der Waals surface area contributed by atoms with Gasteiger partial charge in [0.05, 0.1) is 30.1 Å². The summed E-state index contributed by atoms with van der Waals surface area (Å²) >= 11 is 1.63. The molecule has 0 N–H and O–H groups in total. The first-order valence-corrected chi connectivity index (χ1v) is 12.0. The van der Waals surface area contributed by atoms with Crippen LogP contribution in [0.5, 0.6) is 0 Å². The van der Waals surface area contributed by atoms with Crippen molar-refractivity contribution in [3.05, 3.63) is 90.0 Å². The fourth-order valence-electron chi connectivity index (χ4n) is 4.47. The molecule has 0 radical (unpaired) electrons. The highest BCUT2D eigenvalue weighted by Crippen LogP contribution is 2.47. The second-order valence-electron chi connectivity index (χ2n) is 7.98. The van der Waals surface area contributed by atoms with Crippen molar-refractivity contribution in [1.29, 1.82) is 0 Å². The number of anilines is 2. The van der Waals surface area contributed by atoms with Gasteiger partial charge in [-0.15, -0.1) is 11.8 Å². The molecule has 5 rings (SSSR count). The Balaban J connectivity index is 1.52. The normalized spacial score (nSPS) is 21.6. The van der Waals surface area contributed by atoms with Crippen LogP contribution < -0.4 is 9.96 Å². The van der Waals surface area contributed by atoms with Crippen molar-refractivity contribution in [2.24, 2.45) is 5.92 Å². The minimum absolute atomic E-state index is 0.335. The van der Waals surface area contributed by atoms with Gasteiger partial charge in [-0.25, -0.2) is 14.8 Å². The van der Waals surface area contributed by atoms with Gasteiger partial charge in [-0.2, -0.15) is 0 Å². The van der Waals surface area contributed by atoms with Gasteiger partial charge in [-0.1, -0.05) is 30.3 Å². The Morgan fingerprint density at radius 3 is 2.18 bits per heavy atom. The van der Waals surface area contributed by atoms with Crippen molar-refractivity contribution in [1.82, 2.24) is 0 Å². The molecule has 2 saturated heterocycles. The van der Waals surface area contributed by atoms with E-state index in [9.17, 15) is 14.4 Å². The summed E-state index contributed by atoms with van der Waals surface area (Å²) in [7, 11) is 1.30. The molecule has 0 aliphatic carbocycles. The molecule has 0 bridgehead atoms. The van der Waals surface area contributed by atoms with Crippen molar-refractivity contribution < 1.29 is 24.0 Å². The zero-order valence-electron chi connectivity index (χ0n) is 18.6. The van der Waals surface area contributed by atoms with Gasteiger partial charge in [0.15, 0.2) is 6.10 Å². The van der Waals surface area contributed by atoms with Gasteiger partial charge >= 0.3 is 5.97 Å². The number of imide groups is 1. The van der Waals surface area contributed by atoms with Crippen LogP contribution in [0, 0.1) is 5.92 Å². The fraction of sp³-hybridized carbons (Fsp3) is 0.192. The first-order valence-electron chi connectivity index (χ1n) is 10.7. The zero-order chi connectivity index (χ0) is 23.8. The molecular formula is C26H22N2O5S. The summed E-state index contributed by atoms with van der Waals surface area (Å²) < 4.78 is 4.72. The third kappa shape index (κ3) is 3.65. The number of hydroxylamine groups is 1. The van der Waals surface area contributed by atoms with E-state index in [2.05, 4.69) is 0 Å². The van der Waals surface area contributed by atoms with Crippen LogP contribution in [0.25, 0.3) is 0 Å². The minimum Gasteiger partial charge on any atom is -0.465 e. The van der Waals surface area contributed by atoms with Crippen LogP contribution in [0.4, 0.5) is 11.4 Å². The second kappa shape index (κ2) is 8.96. The van der Waals surface area contributed by atoms with Gasteiger partial charge in [-0.3, -0.25) is 14.4 Å². The summed E-state index contributed by atoms with van der Waals surface area (Å²) in [6.45, 7) is 0. The Morgan fingerprint density at radius 1 is 0.882 bits per heavy atom. The molecule has 2 heterocycles. The lowest BCUT2D eigenvalue weighted by Gasteiger charge is -2.28. The Bertz CT molecular complexity index is 1230. The molecule has 0 saturated carbocycles. The molecule has 2 fully saturated rings. The van der Waals surface area contributed by atoms with Crippen LogP contribution in [-0.2, 0) is 19.2 Å². The van der Waals surface area contributed by atoms with Crippen molar-refractivity contribution in [2.75, 3.05) is 23.3 Å². The number of esters is 1. The quantitative estimate of drug-likeness (QED) is 0.311. The maximum absolute atomic E-state index is 13.7. The summed E-state index contributed by atoms with van der Waals surface area (Å²) in [5, 5.41) is 1.68. The Labute approximate surface area is 201 Å². The highest BCUT2D eigenvalue weighted by Gasteiger charge is 2.60. The number of carbonyl (C=O) groups is 3. The molecule has 3 aromatic carbocycles. The van der Waals surface area contributed by atoms with Crippen LogP contribution in [0.3, 0.4) is 0 Å². The van der Waals surface area contributed by atoms with E-state index < -0.39 is 29.9 Å². The average Bonchev–Trinajstić information content (AvgIpc) is 3.40. The van der Waals surface area contributed by atoms with E-state index in [0.717, 1.165) is 21.0 Å². The summed E-state index contributed by atoms with van der Waals surface area (Å²) in [4.78, 5) is 47.2. The van der Waals surface area contributed by atoms with Crippen LogP contribution in [-0.4, -0.2) is 37.3 Å². The van der Waals surface area contributed by atoms with Crippen LogP contribution in [0.1, 0.15) is 22.0 Å². The van der Waals surface area contributed by atoms with Crippen molar-refractivity contribution in [2.45, 2.75) is 17.0 Å². The molecular weight excluding hydrogens is 452 g/mol. The Hall–Kier alpha value is -3.62. The standard InChI is InChI=1S/C26H22N2O5S/c1-32-26(31)17-8-12-18(13-9-17)27-24(29)21-22(16-10-14-20(34-2)15-11-16)28(33-23(21)25(27)30)19-6-4-3-5-7-19/h3-15,21-23H,1-2H3/t21-,22+,23-/m1/s1. The lowest BCUT2D eigenvalue weighted by molar-refractivity contribution is -0.126. The fourth-order valence-corrected chi connectivity index (χ4v) is 4.88. The molecule has 0 unspecified atom stereocenters. The Morgan fingerprint density at radius 2 is 1.56 bits per heavy atom. The number of amides is 2. The molecule has 2 amide bonds. The van der Waals surface area contributed by atoms with Gasteiger partial charge in [0, 0.05) is 4.90 Å². The molecule has 7 nitrogen and oxygen atoms in total. The molecule has 2 aliphatic heterocycles. The van der Waals surface area contributed by atoms with Gasteiger partial charge < -0.3 is 4.74 Å². The second-order valence-corrected chi connectivity index (χ2v) is 8.86. The van der Waals surface area contributed by atoms with Crippen molar-refractivity contribution >= 4 is 40.9 Å². The number of rotatable bonds is 5. The smallest absolute Gasteiger partial charge is 0.337 e. The van der Waals surface area contributed by atoms with E-state index in [-0.39, 0.29) is 5.91 Å². The third-order valence-corrected chi connectivity index (χ3v) is 6.87. The highest BCUT2D eigenvalue weighted by molar-refractivity contribution is 7.98. The van der Waals surface area contributed by atoms with E-state index in [0.29, 0.717) is 11.3 Å². The number of benzene rings is 3. The lowest BCUT2D eigenvalue weighted by Crippen LogP contribution is -2.37. The number of hydrogen-bond donors (Lipinski definition) is 0. The van der Waals surface area contributed by atoms with Crippen molar-refractivity contribution in [3.8, 4) is 0 Å². The molecule has 8 heteroatoms. The van der Waals surface area contributed by atoms with E-state index in [1.165, 1.54) is 19.2 Å². The Kier molecular flexibility index (Phi) is 5.85. The molecule has 34 heavy (non-hydrogen) atoms. The number of fused-ring (bicyclic) bond motifs is 1. The monoisotopic (exact) mass is 474 g/mol. The number of hydrogen-bond acceptors (Lipinski definition) is 7. The average molecular weight is 475 g/mol. The maximum atomic E-state index is 13.7. The van der Waals surface area contributed by atoms with Crippen LogP contribution >= 0.6 is 11.8 Å². The van der Waals surface area contributed by atoms with Crippen LogP contribution in [0.15, 0.2) is 83.8 Å². The SMILES string of the molecule is COC(=O)c1ccc(N2C(=O)[C@H]3[C@@H](ON(c4ccccc4)[C@H]3c3ccc(SC)cc3)C2=O)cc1. The summed E-state index contributed by atoms with van der Waals surface area (Å²) in [6.07, 6.45) is 1.06. The van der Waals surface area contributed by atoms with E-state index >= 15 is 0 Å². The molecule has 172 valence electrons. The van der Waals surface area contributed by atoms with E-state index in [1.807, 2.05) is 60.9 Å². The number of carbonyl (C=O) groups excluding carboxylic acids is 3.